The number of aryl methyl sites for hydroxylation is 1. The smallest absolute Gasteiger partial charge is 0.278 e. The molecule has 0 bridgehead atoms. The lowest BCUT2D eigenvalue weighted by molar-refractivity contribution is -0.118. The molecular weight excluding hydrogens is 427 g/mol. The van der Waals surface area contributed by atoms with Crippen molar-refractivity contribution in [3.05, 3.63) is 60.5 Å². The molecular formula is C17H14Cl2N4O2S2. The highest BCUT2D eigenvalue weighted by atomic mass is 35.5. The van der Waals surface area contributed by atoms with Crippen LogP contribution < -0.4 is 10.9 Å². The quantitative estimate of drug-likeness (QED) is 0.567. The minimum Gasteiger partial charge on any atom is -0.351 e. The van der Waals surface area contributed by atoms with Gasteiger partial charge >= 0.3 is 0 Å². The molecule has 6 nitrogen and oxygen atoms in total. The van der Waals surface area contributed by atoms with E-state index in [2.05, 4.69) is 20.5 Å². The van der Waals surface area contributed by atoms with Crippen LogP contribution in [0.4, 0.5) is 0 Å². The van der Waals surface area contributed by atoms with Gasteiger partial charge in [0.2, 0.25) is 5.91 Å². The number of benzene rings is 1. The number of carbonyl (C=O) groups is 1. The van der Waals surface area contributed by atoms with E-state index in [0.29, 0.717) is 20.8 Å². The van der Waals surface area contributed by atoms with Crippen molar-refractivity contribution < 1.29 is 4.79 Å². The van der Waals surface area contributed by atoms with Crippen LogP contribution in [0.15, 0.2) is 40.3 Å². The summed E-state index contributed by atoms with van der Waals surface area (Å²) >= 11 is 14.2. The second-order valence-electron chi connectivity index (χ2n) is 5.60. The van der Waals surface area contributed by atoms with E-state index in [-0.39, 0.29) is 22.5 Å². The minimum atomic E-state index is -0.441. The average Bonchev–Trinajstić information content (AvgIpc) is 2.97. The number of hydrogen-bond acceptors (Lipinski definition) is 6. The summed E-state index contributed by atoms with van der Waals surface area (Å²) in [5.41, 5.74) is 2.27. The number of carbonyl (C=O) groups excluding carboxylic acids is 1. The number of thioether (sulfide) groups is 1. The van der Waals surface area contributed by atoms with Crippen LogP contribution in [0.2, 0.25) is 8.67 Å². The van der Waals surface area contributed by atoms with Crippen molar-refractivity contribution in [1.29, 1.82) is 0 Å². The first-order valence-electron chi connectivity index (χ1n) is 7.79. The molecule has 2 N–H and O–H groups in total. The number of H-pyrrole nitrogens is 1. The summed E-state index contributed by atoms with van der Waals surface area (Å²) in [6.07, 6.45) is 0. The van der Waals surface area contributed by atoms with Crippen molar-refractivity contribution in [3.8, 4) is 11.3 Å². The molecule has 1 aromatic carbocycles. The average molecular weight is 441 g/mol. The van der Waals surface area contributed by atoms with Crippen LogP contribution >= 0.6 is 46.3 Å². The standard InChI is InChI=1S/C17H14Cl2N4O2S2/c1-9-2-4-10(5-3-9)7-20-13(24)8-26-17-21-16(25)14(22-23-17)11-6-12(18)27-15(11)19/h2-6H,7-8H2,1H3,(H,20,24)(H,21,23,25). The molecule has 27 heavy (non-hydrogen) atoms. The normalized spacial score (nSPS) is 10.8. The molecule has 0 aliphatic rings. The third-order valence-corrected chi connectivity index (χ3v) is 5.89. The molecule has 0 radical (unpaired) electrons. The Morgan fingerprint density at radius 2 is 2.00 bits per heavy atom. The molecule has 0 unspecified atom stereocenters. The van der Waals surface area contributed by atoms with E-state index in [1.54, 1.807) is 6.07 Å². The second-order valence-corrected chi connectivity index (χ2v) is 8.85. The lowest BCUT2D eigenvalue weighted by Crippen LogP contribution is -2.25. The first kappa shape index (κ1) is 19.9. The molecule has 3 aromatic rings. The molecule has 140 valence electrons. The van der Waals surface area contributed by atoms with Crippen molar-refractivity contribution in [2.45, 2.75) is 18.6 Å². The summed E-state index contributed by atoms with van der Waals surface area (Å²) in [7, 11) is 0. The van der Waals surface area contributed by atoms with E-state index >= 15 is 0 Å². The highest BCUT2D eigenvalue weighted by Crippen LogP contribution is 2.35. The highest BCUT2D eigenvalue weighted by Gasteiger charge is 2.15. The van der Waals surface area contributed by atoms with Crippen LogP contribution in [-0.4, -0.2) is 26.8 Å². The fourth-order valence-electron chi connectivity index (χ4n) is 2.16. The molecule has 0 spiro atoms. The topological polar surface area (TPSA) is 87.7 Å². The predicted octanol–water partition coefficient (Wildman–Crippen LogP) is 3.92. The number of thiophene rings is 1. The summed E-state index contributed by atoms with van der Waals surface area (Å²) in [5.74, 6) is -0.0547. The molecule has 0 aliphatic carbocycles. The number of rotatable bonds is 6. The van der Waals surface area contributed by atoms with Gasteiger partial charge in [0.15, 0.2) is 10.9 Å². The van der Waals surface area contributed by atoms with Crippen molar-refractivity contribution in [2.75, 3.05) is 5.75 Å². The van der Waals surface area contributed by atoms with Gasteiger partial charge in [-0.1, -0.05) is 64.8 Å². The maximum absolute atomic E-state index is 12.2. The fourth-order valence-corrected chi connectivity index (χ4v) is 4.26. The molecule has 0 fully saturated rings. The lowest BCUT2D eigenvalue weighted by Gasteiger charge is -2.05. The number of nitrogens with one attached hydrogen (secondary N) is 2. The zero-order valence-corrected chi connectivity index (χ0v) is 17.2. The zero-order valence-electron chi connectivity index (χ0n) is 14.1. The van der Waals surface area contributed by atoms with Crippen molar-refractivity contribution in [2.24, 2.45) is 0 Å². The van der Waals surface area contributed by atoms with Gasteiger partial charge in [0.1, 0.15) is 4.34 Å². The van der Waals surface area contributed by atoms with Crippen molar-refractivity contribution >= 4 is 52.2 Å². The van der Waals surface area contributed by atoms with Gasteiger partial charge < -0.3 is 5.32 Å². The van der Waals surface area contributed by atoms with Crippen LogP contribution in [0.3, 0.4) is 0 Å². The van der Waals surface area contributed by atoms with E-state index in [9.17, 15) is 9.59 Å². The lowest BCUT2D eigenvalue weighted by atomic mass is 10.1. The van der Waals surface area contributed by atoms with E-state index < -0.39 is 5.56 Å². The maximum Gasteiger partial charge on any atom is 0.278 e. The SMILES string of the molecule is Cc1ccc(CNC(=O)CSc2nnc(-c3cc(Cl)sc3Cl)c(=O)[nH]2)cc1. The molecule has 2 heterocycles. The van der Waals surface area contributed by atoms with Crippen molar-refractivity contribution in [1.82, 2.24) is 20.5 Å². The molecule has 0 aliphatic heterocycles. The second kappa shape index (κ2) is 8.88. The summed E-state index contributed by atoms with van der Waals surface area (Å²) in [4.78, 5) is 26.8. The Labute approximate surface area is 173 Å². The van der Waals surface area contributed by atoms with E-state index in [1.807, 2.05) is 31.2 Å². The van der Waals surface area contributed by atoms with Crippen LogP contribution in [0.1, 0.15) is 11.1 Å². The van der Waals surface area contributed by atoms with Crippen LogP contribution in [0.25, 0.3) is 11.3 Å². The minimum absolute atomic E-state index is 0.0938. The largest absolute Gasteiger partial charge is 0.351 e. The summed E-state index contributed by atoms with van der Waals surface area (Å²) in [5, 5.41) is 10.9. The Kier molecular flexibility index (Phi) is 6.54. The molecule has 0 saturated heterocycles. The Bertz CT molecular complexity index is 1020. The van der Waals surface area contributed by atoms with Crippen LogP contribution in [-0.2, 0) is 11.3 Å². The summed E-state index contributed by atoms with van der Waals surface area (Å²) in [6, 6.07) is 9.48. The number of amides is 1. The van der Waals surface area contributed by atoms with Crippen molar-refractivity contribution in [3.63, 3.8) is 0 Å². The summed E-state index contributed by atoms with van der Waals surface area (Å²) < 4.78 is 0.829. The Hall–Kier alpha value is -1.87. The monoisotopic (exact) mass is 440 g/mol. The number of aromatic nitrogens is 3. The van der Waals surface area contributed by atoms with Gasteiger partial charge in [-0.3, -0.25) is 14.6 Å². The van der Waals surface area contributed by atoms with Crippen LogP contribution in [0, 0.1) is 6.92 Å². The predicted molar refractivity (Wildman–Crippen MR) is 110 cm³/mol. The Morgan fingerprint density at radius 1 is 1.26 bits per heavy atom. The third-order valence-electron chi connectivity index (χ3n) is 3.54. The van der Waals surface area contributed by atoms with Gasteiger partial charge in [-0.25, -0.2) is 0 Å². The Balaban J connectivity index is 1.57. The van der Waals surface area contributed by atoms with E-state index in [4.69, 9.17) is 23.2 Å². The molecule has 1 amide bonds. The van der Waals surface area contributed by atoms with E-state index in [1.165, 1.54) is 0 Å². The zero-order chi connectivity index (χ0) is 19.4. The van der Waals surface area contributed by atoms with E-state index in [0.717, 1.165) is 34.2 Å². The number of hydrogen-bond donors (Lipinski definition) is 2. The van der Waals surface area contributed by atoms with Gasteiger partial charge in [-0.15, -0.1) is 21.5 Å². The Morgan fingerprint density at radius 3 is 2.63 bits per heavy atom. The number of halogens is 2. The molecule has 3 rings (SSSR count). The van der Waals surface area contributed by atoms with Gasteiger partial charge in [0.25, 0.3) is 5.56 Å². The highest BCUT2D eigenvalue weighted by molar-refractivity contribution is 7.99. The molecule has 0 atom stereocenters. The van der Waals surface area contributed by atoms with Gasteiger partial charge in [0, 0.05) is 12.1 Å². The molecule has 10 heteroatoms. The fraction of sp³-hybridized carbons (Fsp3) is 0.176. The number of nitrogens with zero attached hydrogens (tertiary/aromatic N) is 2. The third kappa shape index (κ3) is 5.32. The van der Waals surface area contributed by atoms with Gasteiger partial charge in [-0.05, 0) is 18.6 Å². The van der Waals surface area contributed by atoms with Crippen LogP contribution in [0.5, 0.6) is 0 Å². The van der Waals surface area contributed by atoms with Gasteiger partial charge in [-0.2, -0.15) is 0 Å². The summed E-state index contributed by atoms with van der Waals surface area (Å²) in [6.45, 7) is 2.45. The molecule has 2 aromatic heterocycles. The first-order chi connectivity index (χ1) is 12.9. The van der Waals surface area contributed by atoms with Gasteiger partial charge in [0.05, 0.1) is 10.1 Å². The maximum atomic E-state index is 12.2. The number of aromatic amines is 1. The molecule has 0 saturated carbocycles. The first-order valence-corrected chi connectivity index (χ1v) is 10.4.